The van der Waals surface area contributed by atoms with Gasteiger partial charge in [0, 0.05) is 50.6 Å². The summed E-state index contributed by atoms with van der Waals surface area (Å²) in [6.07, 6.45) is 1.64. The van der Waals surface area contributed by atoms with Crippen LogP contribution < -0.4 is 15.8 Å². The highest BCUT2D eigenvalue weighted by molar-refractivity contribution is 5.77. The lowest BCUT2D eigenvalue weighted by Gasteiger charge is -2.34. The predicted molar refractivity (Wildman–Crippen MR) is 136 cm³/mol. The minimum Gasteiger partial charge on any atom is -0.369 e. The molecule has 2 aromatic heterocycles. The summed E-state index contributed by atoms with van der Waals surface area (Å²) in [6, 6.07) is 21.4. The second kappa shape index (κ2) is 9.33. The SMILES string of the molecule is CN1CCN(c2ccc(Nc3ncc4cc(C#N)c(=O)n(Cc5ccccc5)c4n3)cc2)CC1.[HH]. The number of likely N-dealkylation sites (N-methyl/N-ethyl adjacent to an activating group) is 1. The Bertz CT molecular complexity index is 1410. The maximum Gasteiger partial charge on any atom is 0.270 e. The molecule has 1 N–H and O–H groups in total. The Morgan fingerprint density at radius 3 is 2.50 bits per heavy atom. The summed E-state index contributed by atoms with van der Waals surface area (Å²) in [5.41, 5.74) is 3.21. The van der Waals surface area contributed by atoms with E-state index in [1.165, 1.54) is 10.3 Å². The highest BCUT2D eigenvalue weighted by Crippen LogP contribution is 2.22. The molecule has 0 radical (unpaired) electrons. The summed E-state index contributed by atoms with van der Waals surface area (Å²) in [6.45, 7) is 4.47. The number of rotatable bonds is 5. The molecule has 3 heterocycles. The number of nitrogens with one attached hydrogen (secondary N) is 1. The summed E-state index contributed by atoms with van der Waals surface area (Å²) in [4.78, 5) is 26.7. The van der Waals surface area contributed by atoms with Crippen LogP contribution in [0.4, 0.5) is 17.3 Å². The van der Waals surface area contributed by atoms with Crippen molar-refractivity contribution in [1.29, 1.82) is 5.26 Å². The lowest BCUT2D eigenvalue weighted by Crippen LogP contribution is -2.44. The van der Waals surface area contributed by atoms with E-state index >= 15 is 0 Å². The minimum absolute atomic E-state index is 0. The van der Waals surface area contributed by atoms with Crippen LogP contribution >= 0.6 is 0 Å². The van der Waals surface area contributed by atoms with Crippen molar-refractivity contribution in [2.24, 2.45) is 0 Å². The van der Waals surface area contributed by atoms with Gasteiger partial charge in [-0.15, -0.1) is 0 Å². The molecule has 1 aliphatic heterocycles. The first-order valence-electron chi connectivity index (χ1n) is 11.3. The Morgan fingerprint density at radius 1 is 1.06 bits per heavy atom. The fourth-order valence-electron chi connectivity index (χ4n) is 4.16. The Balaban J connectivity index is 0.00000289. The monoisotopic (exact) mass is 453 g/mol. The molecule has 172 valence electrons. The van der Waals surface area contributed by atoms with Gasteiger partial charge in [0.25, 0.3) is 5.56 Å². The van der Waals surface area contributed by atoms with E-state index in [1.807, 2.05) is 48.5 Å². The summed E-state index contributed by atoms with van der Waals surface area (Å²) in [7, 11) is 2.15. The van der Waals surface area contributed by atoms with Gasteiger partial charge in [-0.3, -0.25) is 9.36 Å². The molecule has 34 heavy (non-hydrogen) atoms. The molecule has 0 unspecified atom stereocenters. The van der Waals surface area contributed by atoms with Crippen LogP contribution in [0.15, 0.2) is 71.7 Å². The van der Waals surface area contributed by atoms with Crippen LogP contribution in [0.25, 0.3) is 11.0 Å². The maximum absolute atomic E-state index is 12.9. The molecule has 1 saturated heterocycles. The number of pyridine rings is 1. The molecule has 2 aromatic carbocycles. The Kier molecular flexibility index (Phi) is 5.93. The normalized spacial score (nSPS) is 14.2. The standard InChI is InChI=1S/C26H25N7O.H2/c1-31-11-13-32(14-12-31)23-9-7-22(8-10-23)29-26-28-17-21-15-20(16-27)25(34)33(24(21)30-26)18-19-5-3-2-4-6-19;/h2-10,15,17H,11-14,18H2,1H3,(H,28,29,30);1H. The zero-order valence-electron chi connectivity index (χ0n) is 19.0. The van der Waals surface area contributed by atoms with Crippen molar-refractivity contribution >= 4 is 28.4 Å². The van der Waals surface area contributed by atoms with Crippen LogP contribution in [0.3, 0.4) is 0 Å². The molecule has 0 atom stereocenters. The van der Waals surface area contributed by atoms with Crippen LogP contribution in [0.2, 0.25) is 0 Å². The topological polar surface area (TPSA) is 90.1 Å². The van der Waals surface area contributed by atoms with Gasteiger partial charge in [0.1, 0.15) is 17.3 Å². The van der Waals surface area contributed by atoms with Gasteiger partial charge in [0.2, 0.25) is 5.95 Å². The molecule has 0 bridgehead atoms. The van der Waals surface area contributed by atoms with Crippen LogP contribution in [0.1, 0.15) is 12.6 Å². The van der Waals surface area contributed by atoms with Gasteiger partial charge < -0.3 is 15.1 Å². The molecule has 0 amide bonds. The number of anilines is 3. The summed E-state index contributed by atoms with van der Waals surface area (Å²) < 4.78 is 1.53. The van der Waals surface area contributed by atoms with Gasteiger partial charge >= 0.3 is 0 Å². The van der Waals surface area contributed by atoms with E-state index in [0.717, 1.165) is 37.4 Å². The van der Waals surface area contributed by atoms with E-state index in [-0.39, 0.29) is 12.5 Å². The van der Waals surface area contributed by atoms with Crippen LogP contribution in [-0.4, -0.2) is 52.7 Å². The van der Waals surface area contributed by atoms with Crippen molar-refractivity contribution in [1.82, 2.24) is 19.4 Å². The van der Waals surface area contributed by atoms with E-state index < -0.39 is 0 Å². The lowest BCUT2D eigenvalue weighted by molar-refractivity contribution is 0.313. The van der Waals surface area contributed by atoms with Crippen molar-refractivity contribution < 1.29 is 1.43 Å². The predicted octanol–water partition coefficient (Wildman–Crippen LogP) is 3.45. The zero-order chi connectivity index (χ0) is 23.5. The molecule has 5 rings (SSSR count). The van der Waals surface area contributed by atoms with Gasteiger partial charge in [-0.05, 0) is 42.9 Å². The van der Waals surface area contributed by atoms with Crippen molar-refractivity contribution in [3.63, 3.8) is 0 Å². The number of nitriles is 1. The van der Waals surface area contributed by atoms with E-state index in [0.29, 0.717) is 23.5 Å². The highest BCUT2D eigenvalue weighted by atomic mass is 16.1. The van der Waals surface area contributed by atoms with E-state index in [2.05, 4.69) is 44.3 Å². The number of piperazine rings is 1. The molecular formula is C26H27N7O. The average molecular weight is 454 g/mol. The van der Waals surface area contributed by atoms with Crippen molar-refractivity contribution in [3.8, 4) is 6.07 Å². The van der Waals surface area contributed by atoms with Crippen LogP contribution in [0.5, 0.6) is 0 Å². The van der Waals surface area contributed by atoms with Gasteiger partial charge in [-0.1, -0.05) is 30.3 Å². The van der Waals surface area contributed by atoms with E-state index in [9.17, 15) is 10.1 Å². The third-order valence-corrected chi connectivity index (χ3v) is 6.12. The fourth-order valence-corrected chi connectivity index (χ4v) is 4.16. The summed E-state index contributed by atoms with van der Waals surface area (Å²) in [5.74, 6) is 0.394. The number of nitrogens with zero attached hydrogens (tertiary/aromatic N) is 6. The molecule has 0 aliphatic carbocycles. The van der Waals surface area contributed by atoms with Crippen LogP contribution in [0, 0.1) is 11.3 Å². The second-order valence-electron chi connectivity index (χ2n) is 8.48. The first kappa shape index (κ1) is 21.6. The van der Waals surface area contributed by atoms with Crippen LogP contribution in [-0.2, 0) is 6.54 Å². The maximum atomic E-state index is 12.9. The first-order valence-corrected chi connectivity index (χ1v) is 11.3. The Hall–Kier alpha value is -4.22. The van der Waals surface area contributed by atoms with Crippen molar-refractivity contribution in [2.45, 2.75) is 6.54 Å². The molecule has 8 heteroatoms. The lowest BCUT2D eigenvalue weighted by atomic mass is 10.2. The third kappa shape index (κ3) is 4.47. The van der Waals surface area contributed by atoms with Crippen molar-refractivity contribution in [3.05, 3.63) is 88.3 Å². The van der Waals surface area contributed by atoms with Gasteiger partial charge in [-0.2, -0.15) is 10.2 Å². The number of aromatic nitrogens is 3. The third-order valence-electron chi connectivity index (χ3n) is 6.12. The Morgan fingerprint density at radius 2 is 1.79 bits per heavy atom. The second-order valence-corrected chi connectivity index (χ2v) is 8.48. The average Bonchev–Trinajstić information content (AvgIpc) is 2.87. The largest absolute Gasteiger partial charge is 0.369 e. The fraction of sp³-hybridized carbons (Fsp3) is 0.231. The number of hydrogen-bond acceptors (Lipinski definition) is 7. The molecular weight excluding hydrogens is 426 g/mol. The summed E-state index contributed by atoms with van der Waals surface area (Å²) >= 11 is 0. The van der Waals surface area contributed by atoms with Crippen molar-refractivity contribution in [2.75, 3.05) is 43.4 Å². The van der Waals surface area contributed by atoms with Gasteiger partial charge in [0.15, 0.2) is 0 Å². The number of hydrogen-bond donors (Lipinski definition) is 1. The molecule has 0 spiro atoms. The van der Waals surface area contributed by atoms with Gasteiger partial charge in [0.05, 0.1) is 6.54 Å². The van der Waals surface area contributed by atoms with E-state index in [4.69, 9.17) is 0 Å². The molecule has 1 aliphatic rings. The van der Waals surface area contributed by atoms with E-state index in [1.54, 1.807) is 12.3 Å². The minimum atomic E-state index is -0.361. The molecule has 0 saturated carbocycles. The number of benzene rings is 2. The Labute approximate surface area is 199 Å². The molecule has 4 aromatic rings. The molecule has 1 fully saturated rings. The summed E-state index contributed by atoms with van der Waals surface area (Å²) in [5, 5.41) is 13.3. The smallest absolute Gasteiger partial charge is 0.270 e. The van der Waals surface area contributed by atoms with Gasteiger partial charge in [-0.25, -0.2) is 4.98 Å². The number of fused-ring (bicyclic) bond motifs is 1. The zero-order valence-corrected chi connectivity index (χ0v) is 19.0. The first-order chi connectivity index (χ1) is 16.6. The molecule has 8 nitrogen and oxygen atoms in total. The quantitative estimate of drug-likeness (QED) is 0.495. The highest BCUT2D eigenvalue weighted by Gasteiger charge is 2.15.